The number of likely N-dealkylation sites (tertiary alicyclic amines) is 1. The molecule has 2 saturated heterocycles. The Kier molecular flexibility index (Phi) is 2.85. The van der Waals surface area contributed by atoms with Crippen molar-refractivity contribution in [1.29, 1.82) is 0 Å². The zero-order valence-electron chi connectivity index (χ0n) is 9.93. The van der Waals surface area contributed by atoms with E-state index in [-0.39, 0.29) is 0 Å². The topological polar surface area (TPSA) is 32.3 Å². The minimum Gasteiger partial charge on any atom is -0.334 e. The second-order valence-electron chi connectivity index (χ2n) is 5.03. The molecule has 2 fully saturated rings. The summed E-state index contributed by atoms with van der Waals surface area (Å²) in [6, 6.07) is 10.7. The van der Waals surface area contributed by atoms with Crippen molar-refractivity contribution < 1.29 is 4.79 Å². The molecular formula is C14H18N2O. The lowest BCUT2D eigenvalue weighted by Crippen LogP contribution is -2.46. The molecule has 0 bridgehead atoms. The molecule has 0 radical (unpaired) electrons. The Labute approximate surface area is 102 Å². The van der Waals surface area contributed by atoms with Crippen molar-refractivity contribution in [2.75, 3.05) is 13.1 Å². The van der Waals surface area contributed by atoms with E-state index in [9.17, 15) is 4.79 Å². The van der Waals surface area contributed by atoms with Gasteiger partial charge in [0.25, 0.3) is 0 Å². The number of amides is 1. The highest BCUT2D eigenvalue weighted by atomic mass is 16.2. The highest BCUT2D eigenvalue weighted by molar-refractivity contribution is 5.79. The Morgan fingerprint density at radius 3 is 2.94 bits per heavy atom. The van der Waals surface area contributed by atoms with E-state index >= 15 is 0 Å². The molecule has 2 aliphatic rings. The first-order chi connectivity index (χ1) is 8.34. The Bertz CT molecular complexity index is 404. The molecule has 3 heteroatoms. The van der Waals surface area contributed by atoms with E-state index < -0.39 is 0 Å². The molecule has 90 valence electrons. The average molecular weight is 230 g/mol. The summed E-state index contributed by atoms with van der Waals surface area (Å²) in [5.41, 5.74) is 1.23. The van der Waals surface area contributed by atoms with Crippen molar-refractivity contribution in [3.8, 4) is 0 Å². The normalized spacial score (nSPS) is 28.2. The monoisotopic (exact) mass is 230 g/mol. The number of nitrogens with one attached hydrogen (secondary N) is 1. The largest absolute Gasteiger partial charge is 0.334 e. The average Bonchev–Trinajstić information content (AvgIpc) is 2.68. The third-order valence-electron chi connectivity index (χ3n) is 3.94. The van der Waals surface area contributed by atoms with Crippen molar-refractivity contribution in [3.63, 3.8) is 0 Å². The fourth-order valence-corrected chi connectivity index (χ4v) is 3.01. The molecule has 0 aliphatic carbocycles. The van der Waals surface area contributed by atoms with Crippen molar-refractivity contribution in [2.24, 2.45) is 5.92 Å². The SMILES string of the molecule is O=C1C[C@@H]2CCNC[C@H]2N1Cc1ccccc1. The van der Waals surface area contributed by atoms with E-state index in [4.69, 9.17) is 0 Å². The summed E-state index contributed by atoms with van der Waals surface area (Å²) < 4.78 is 0. The Balaban J connectivity index is 1.76. The van der Waals surface area contributed by atoms with Gasteiger partial charge in [-0.05, 0) is 24.4 Å². The Hall–Kier alpha value is -1.35. The van der Waals surface area contributed by atoms with Crippen LogP contribution < -0.4 is 5.32 Å². The van der Waals surface area contributed by atoms with Gasteiger partial charge in [0.1, 0.15) is 0 Å². The van der Waals surface area contributed by atoms with Gasteiger partial charge in [-0.15, -0.1) is 0 Å². The van der Waals surface area contributed by atoms with Gasteiger partial charge in [-0.3, -0.25) is 4.79 Å². The number of piperidine rings is 1. The van der Waals surface area contributed by atoms with Crippen LogP contribution in [0.3, 0.4) is 0 Å². The van der Waals surface area contributed by atoms with Gasteiger partial charge in [-0.2, -0.15) is 0 Å². The molecule has 17 heavy (non-hydrogen) atoms. The maximum Gasteiger partial charge on any atom is 0.223 e. The molecule has 0 unspecified atom stereocenters. The van der Waals surface area contributed by atoms with Crippen LogP contribution in [0.5, 0.6) is 0 Å². The third-order valence-corrected chi connectivity index (χ3v) is 3.94. The van der Waals surface area contributed by atoms with Crippen molar-refractivity contribution in [1.82, 2.24) is 10.2 Å². The number of rotatable bonds is 2. The van der Waals surface area contributed by atoms with E-state index in [2.05, 4.69) is 22.3 Å². The molecule has 3 rings (SSSR count). The number of nitrogens with zero attached hydrogens (tertiary/aromatic N) is 1. The number of hydrogen-bond acceptors (Lipinski definition) is 2. The lowest BCUT2D eigenvalue weighted by molar-refractivity contribution is -0.129. The second-order valence-corrected chi connectivity index (χ2v) is 5.03. The van der Waals surface area contributed by atoms with Gasteiger partial charge >= 0.3 is 0 Å². The fraction of sp³-hybridized carbons (Fsp3) is 0.500. The molecule has 2 atom stereocenters. The van der Waals surface area contributed by atoms with Crippen molar-refractivity contribution in [2.45, 2.75) is 25.4 Å². The maximum absolute atomic E-state index is 12.0. The van der Waals surface area contributed by atoms with Crippen molar-refractivity contribution in [3.05, 3.63) is 35.9 Å². The zero-order valence-corrected chi connectivity index (χ0v) is 9.93. The Morgan fingerprint density at radius 2 is 2.12 bits per heavy atom. The summed E-state index contributed by atoms with van der Waals surface area (Å²) in [5, 5.41) is 3.40. The van der Waals surface area contributed by atoms with Crippen LogP contribution in [0.1, 0.15) is 18.4 Å². The molecule has 1 aromatic rings. The first kappa shape index (κ1) is 10.8. The lowest BCUT2D eigenvalue weighted by Gasteiger charge is -2.32. The quantitative estimate of drug-likeness (QED) is 0.833. The summed E-state index contributed by atoms with van der Waals surface area (Å²) in [6.45, 7) is 2.79. The number of benzene rings is 1. The lowest BCUT2D eigenvalue weighted by atomic mass is 9.93. The number of hydrogen-bond donors (Lipinski definition) is 1. The van der Waals surface area contributed by atoms with Gasteiger partial charge in [0.2, 0.25) is 5.91 Å². The van der Waals surface area contributed by atoms with Crippen LogP contribution in [0.2, 0.25) is 0 Å². The smallest absolute Gasteiger partial charge is 0.223 e. The van der Waals surface area contributed by atoms with Crippen LogP contribution in [0.15, 0.2) is 30.3 Å². The maximum atomic E-state index is 12.0. The summed E-state index contributed by atoms with van der Waals surface area (Å²) in [4.78, 5) is 14.1. The first-order valence-electron chi connectivity index (χ1n) is 6.39. The van der Waals surface area contributed by atoms with Crippen LogP contribution in [-0.2, 0) is 11.3 Å². The minimum atomic E-state index is 0.326. The molecule has 3 nitrogen and oxygen atoms in total. The van der Waals surface area contributed by atoms with E-state index in [1.165, 1.54) is 5.56 Å². The highest BCUT2D eigenvalue weighted by Crippen LogP contribution is 2.31. The summed E-state index contributed by atoms with van der Waals surface area (Å²) in [6.07, 6.45) is 1.89. The molecular weight excluding hydrogens is 212 g/mol. The molecule has 2 aliphatic heterocycles. The van der Waals surface area contributed by atoms with Crippen molar-refractivity contribution >= 4 is 5.91 Å². The van der Waals surface area contributed by atoms with Gasteiger partial charge in [-0.25, -0.2) is 0 Å². The van der Waals surface area contributed by atoms with Gasteiger partial charge in [0.05, 0.1) is 0 Å². The van der Waals surface area contributed by atoms with Crippen LogP contribution in [0.25, 0.3) is 0 Å². The molecule has 1 amide bonds. The summed E-state index contributed by atoms with van der Waals surface area (Å²) >= 11 is 0. The molecule has 0 aromatic heterocycles. The highest BCUT2D eigenvalue weighted by Gasteiger charge is 2.40. The van der Waals surface area contributed by atoms with Crippen LogP contribution in [-0.4, -0.2) is 29.9 Å². The third kappa shape index (κ3) is 2.07. The van der Waals surface area contributed by atoms with E-state index in [1.807, 2.05) is 18.2 Å². The van der Waals surface area contributed by atoms with Gasteiger partial charge in [0, 0.05) is 25.6 Å². The first-order valence-corrected chi connectivity index (χ1v) is 6.39. The standard InChI is InChI=1S/C14H18N2O/c17-14-8-12-6-7-15-9-13(12)16(14)10-11-4-2-1-3-5-11/h1-5,12-13,15H,6-10H2/t12-,13+/m0/s1. The van der Waals surface area contributed by atoms with Crippen LogP contribution >= 0.6 is 0 Å². The molecule has 0 spiro atoms. The van der Waals surface area contributed by atoms with Gasteiger partial charge in [0.15, 0.2) is 0 Å². The van der Waals surface area contributed by atoms with Crippen LogP contribution in [0, 0.1) is 5.92 Å². The molecule has 0 saturated carbocycles. The Morgan fingerprint density at radius 1 is 1.29 bits per heavy atom. The van der Waals surface area contributed by atoms with Gasteiger partial charge < -0.3 is 10.2 Å². The predicted molar refractivity (Wildman–Crippen MR) is 66.4 cm³/mol. The number of carbonyl (C=O) groups excluding carboxylic acids is 1. The van der Waals surface area contributed by atoms with E-state index in [1.54, 1.807) is 0 Å². The zero-order chi connectivity index (χ0) is 11.7. The van der Waals surface area contributed by atoms with Gasteiger partial charge in [-0.1, -0.05) is 30.3 Å². The summed E-state index contributed by atoms with van der Waals surface area (Å²) in [7, 11) is 0. The molecule has 2 heterocycles. The molecule has 1 aromatic carbocycles. The number of fused-ring (bicyclic) bond motifs is 1. The van der Waals surface area contributed by atoms with E-state index in [0.29, 0.717) is 17.9 Å². The second kappa shape index (κ2) is 4.49. The van der Waals surface area contributed by atoms with Crippen LogP contribution in [0.4, 0.5) is 0 Å². The fourth-order valence-electron chi connectivity index (χ4n) is 3.01. The molecule has 1 N–H and O–H groups in total. The minimum absolute atomic E-state index is 0.326. The predicted octanol–water partition coefficient (Wildman–Crippen LogP) is 1.40. The van der Waals surface area contributed by atoms with E-state index in [0.717, 1.165) is 32.5 Å². The number of carbonyl (C=O) groups is 1. The summed E-state index contributed by atoms with van der Waals surface area (Å²) in [5.74, 6) is 0.903.